The monoisotopic (exact) mass is 314 g/mol. The van der Waals surface area contributed by atoms with E-state index in [2.05, 4.69) is 31.2 Å². The van der Waals surface area contributed by atoms with Crippen LogP contribution in [0.5, 0.6) is 0 Å². The predicted octanol–water partition coefficient (Wildman–Crippen LogP) is 2.48. The second-order valence-corrected chi connectivity index (χ2v) is 5.55. The number of hydrogen-bond acceptors (Lipinski definition) is 6. The zero-order valence-electron chi connectivity index (χ0n) is 11.9. The Morgan fingerprint density at radius 1 is 1.23 bits per heavy atom. The number of nitriles is 1. The van der Waals surface area contributed by atoms with Gasteiger partial charge in [0, 0.05) is 25.3 Å². The lowest BCUT2D eigenvalue weighted by atomic mass is 10.0. The Labute approximate surface area is 133 Å². The summed E-state index contributed by atoms with van der Waals surface area (Å²) < 4.78 is 0. The maximum Gasteiger partial charge on any atom is 0.148 e. The smallest absolute Gasteiger partial charge is 0.148 e. The lowest BCUT2D eigenvalue weighted by Crippen LogP contribution is -2.39. The van der Waals surface area contributed by atoms with Crippen molar-refractivity contribution in [3.05, 3.63) is 41.4 Å². The first-order valence-electron chi connectivity index (χ1n) is 7.09. The molecule has 1 saturated heterocycles. The minimum atomic E-state index is 0.335. The Kier molecular flexibility index (Phi) is 4.35. The minimum Gasteiger partial charge on any atom is -0.366 e. The molecule has 0 atom stereocenters. The summed E-state index contributed by atoms with van der Waals surface area (Å²) in [7, 11) is 0. The van der Waals surface area contributed by atoms with Gasteiger partial charge in [0.05, 0.1) is 11.8 Å². The van der Waals surface area contributed by atoms with E-state index in [-0.39, 0.29) is 0 Å². The van der Waals surface area contributed by atoms with Gasteiger partial charge in [-0.05, 0) is 25.0 Å². The molecule has 6 nitrogen and oxygen atoms in total. The lowest BCUT2D eigenvalue weighted by Gasteiger charge is -2.33. The van der Waals surface area contributed by atoms with Crippen molar-refractivity contribution in [1.29, 1.82) is 5.26 Å². The van der Waals surface area contributed by atoms with Crippen molar-refractivity contribution >= 4 is 23.2 Å². The molecule has 0 aromatic carbocycles. The van der Waals surface area contributed by atoms with Crippen LogP contribution >= 0.6 is 11.6 Å². The predicted molar refractivity (Wildman–Crippen MR) is 84.9 cm³/mol. The fourth-order valence-electron chi connectivity index (χ4n) is 2.50. The molecule has 22 heavy (non-hydrogen) atoms. The van der Waals surface area contributed by atoms with Gasteiger partial charge in [-0.3, -0.25) is 0 Å². The summed E-state index contributed by atoms with van der Waals surface area (Å²) in [5.74, 6) is 1.60. The van der Waals surface area contributed by atoms with E-state index in [9.17, 15) is 0 Å². The van der Waals surface area contributed by atoms with Crippen LogP contribution in [0.4, 0.5) is 11.6 Å². The molecule has 0 aliphatic carbocycles. The topological polar surface area (TPSA) is 77.7 Å². The molecule has 3 heterocycles. The number of anilines is 2. The van der Waals surface area contributed by atoms with Crippen molar-refractivity contribution in [2.24, 2.45) is 0 Å². The average molecular weight is 315 g/mol. The molecule has 112 valence electrons. The third-order valence-corrected chi connectivity index (χ3v) is 3.98. The Morgan fingerprint density at radius 2 is 2.05 bits per heavy atom. The van der Waals surface area contributed by atoms with Crippen LogP contribution in [-0.2, 0) is 0 Å². The van der Waals surface area contributed by atoms with Crippen LogP contribution in [0.25, 0.3) is 0 Å². The zero-order chi connectivity index (χ0) is 15.4. The van der Waals surface area contributed by atoms with Crippen molar-refractivity contribution in [1.82, 2.24) is 15.0 Å². The number of piperidine rings is 1. The van der Waals surface area contributed by atoms with Crippen LogP contribution in [0, 0.1) is 11.3 Å². The van der Waals surface area contributed by atoms with Crippen molar-refractivity contribution < 1.29 is 0 Å². The molecule has 0 amide bonds. The van der Waals surface area contributed by atoms with E-state index in [1.54, 1.807) is 18.5 Å². The van der Waals surface area contributed by atoms with Crippen LogP contribution in [0.15, 0.2) is 30.9 Å². The van der Waals surface area contributed by atoms with Gasteiger partial charge < -0.3 is 10.2 Å². The molecule has 0 spiro atoms. The first-order valence-corrected chi connectivity index (χ1v) is 7.47. The van der Waals surface area contributed by atoms with Crippen LogP contribution < -0.4 is 10.2 Å². The van der Waals surface area contributed by atoms with E-state index in [0.717, 1.165) is 31.7 Å². The number of hydrogen-bond donors (Lipinski definition) is 1. The highest BCUT2D eigenvalue weighted by molar-refractivity contribution is 6.32. The molecule has 1 N–H and O–H groups in total. The first-order chi connectivity index (χ1) is 10.8. The number of nitrogens with one attached hydrogen (secondary N) is 1. The van der Waals surface area contributed by atoms with E-state index in [0.29, 0.717) is 22.4 Å². The van der Waals surface area contributed by atoms with Gasteiger partial charge in [0.15, 0.2) is 0 Å². The van der Waals surface area contributed by atoms with Crippen molar-refractivity contribution in [2.75, 3.05) is 23.3 Å². The molecule has 0 bridgehead atoms. The molecule has 2 aromatic heterocycles. The summed E-state index contributed by atoms with van der Waals surface area (Å²) in [4.78, 5) is 14.6. The standard InChI is InChI=1S/C15H15ClN6/c16-13-9-18-10-20-15(13)21-12-3-5-22(6-4-12)14-2-1-11(7-17)8-19-14/h1-2,8-10,12H,3-6H2,(H,18,20,21). The highest BCUT2D eigenvalue weighted by atomic mass is 35.5. The molecule has 1 aliphatic rings. The fourth-order valence-corrected chi connectivity index (χ4v) is 2.66. The lowest BCUT2D eigenvalue weighted by molar-refractivity contribution is 0.522. The van der Waals surface area contributed by atoms with Gasteiger partial charge >= 0.3 is 0 Å². The second-order valence-electron chi connectivity index (χ2n) is 5.14. The Hall–Kier alpha value is -2.39. The number of halogens is 1. The molecule has 7 heteroatoms. The molecular weight excluding hydrogens is 300 g/mol. The minimum absolute atomic E-state index is 0.335. The highest BCUT2D eigenvalue weighted by Crippen LogP contribution is 2.23. The van der Waals surface area contributed by atoms with Gasteiger partial charge in [0.2, 0.25) is 0 Å². The molecule has 1 fully saturated rings. The van der Waals surface area contributed by atoms with E-state index in [4.69, 9.17) is 16.9 Å². The molecule has 0 unspecified atom stereocenters. The quantitative estimate of drug-likeness (QED) is 0.937. The van der Waals surface area contributed by atoms with Gasteiger partial charge in [-0.25, -0.2) is 15.0 Å². The van der Waals surface area contributed by atoms with Crippen molar-refractivity contribution in [2.45, 2.75) is 18.9 Å². The average Bonchev–Trinajstić information content (AvgIpc) is 2.58. The molecule has 3 rings (SSSR count). The summed E-state index contributed by atoms with van der Waals surface area (Å²) in [6.07, 6.45) is 6.64. The SMILES string of the molecule is N#Cc1ccc(N2CCC(Nc3ncncc3Cl)CC2)nc1. The van der Waals surface area contributed by atoms with Crippen molar-refractivity contribution in [3.63, 3.8) is 0 Å². The van der Waals surface area contributed by atoms with Crippen LogP contribution in [0.3, 0.4) is 0 Å². The zero-order valence-corrected chi connectivity index (χ0v) is 12.7. The third-order valence-electron chi connectivity index (χ3n) is 3.70. The normalized spacial score (nSPS) is 15.4. The van der Waals surface area contributed by atoms with E-state index in [1.807, 2.05) is 6.07 Å². The molecular formula is C15H15ClN6. The number of pyridine rings is 1. The van der Waals surface area contributed by atoms with Gasteiger partial charge in [0.1, 0.15) is 29.1 Å². The van der Waals surface area contributed by atoms with Gasteiger partial charge in [-0.15, -0.1) is 0 Å². The number of nitrogens with zero attached hydrogens (tertiary/aromatic N) is 5. The largest absolute Gasteiger partial charge is 0.366 e. The third kappa shape index (κ3) is 3.26. The van der Waals surface area contributed by atoms with E-state index >= 15 is 0 Å². The van der Waals surface area contributed by atoms with Gasteiger partial charge in [0.25, 0.3) is 0 Å². The van der Waals surface area contributed by atoms with E-state index < -0.39 is 0 Å². The second kappa shape index (κ2) is 6.58. The summed E-state index contributed by atoms with van der Waals surface area (Å²) in [5.41, 5.74) is 0.582. The summed E-state index contributed by atoms with van der Waals surface area (Å²) in [6, 6.07) is 6.11. The van der Waals surface area contributed by atoms with Crippen LogP contribution in [0.2, 0.25) is 5.02 Å². The molecule has 1 aliphatic heterocycles. The van der Waals surface area contributed by atoms with Gasteiger partial charge in [-0.1, -0.05) is 11.6 Å². The van der Waals surface area contributed by atoms with Gasteiger partial charge in [-0.2, -0.15) is 5.26 Å². The maximum atomic E-state index is 8.80. The summed E-state index contributed by atoms with van der Waals surface area (Å²) in [5, 5.41) is 12.7. The molecule has 2 aromatic rings. The van der Waals surface area contributed by atoms with Crippen LogP contribution in [-0.4, -0.2) is 34.1 Å². The fraction of sp³-hybridized carbons (Fsp3) is 0.333. The Balaban J connectivity index is 1.58. The number of aromatic nitrogens is 3. The number of rotatable bonds is 3. The summed E-state index contributed by atoms with van der Waals surface area (Å²) >= 11 is 6.06. The molecule has 0 saturated carbocycles. The van der Waals surface area contributed by atoms with Crippen molar-refractivity contribution in [3.8, 4) is 6.07 Å². The Morgan fingerprint density at radius 3 is 2.68 bits per heavy atom. The highest BCUT2D eigenvalue weighted by Gasteiger charge is 2.21. The summed E-state index contributed by atoms with van der Waals surface area (Å²) in [6.45, 7) is 1.80. The van der Waals surface area contributed by atoms with E-state index in [1.165, 1.54) is 6.33 Å². The Bertz CT molecular complexity index is 673. The first kappa shape index (κ1) is 14.5. The van der Waals surface area contributed by atoms with Crippen LogP contribution in [0.1, 0.15) is 18.4 Å². The maximum absolute atomic E-state index is 8.80. The molecule has 0 radical (unpaired) electrons.